The number of alkyl halides is 3. The molecule has 32 heavy (non-hydrogen) atoms. The zero-order chi connectivity index (χ0) is 24.3. The summed E-state index contributed by atoms with van der Waals surface area (Å²) in [6.45, 7) is 2.35. The largest absolute Gasteiger partial charge is 0.418 e. The first-order valence-electron chi connectivity index (χ1n) is 9.24. The van der Waals surface area contributed by atoms with Gasteiger partial charge in [-0.1, -0.05) is 6.92 Å². The first-order valence-corrected chi connectivity index (χ1v) is 10.9. The molecule has 0 aliphatic rings. The van der Waals surface area contributed by atoms with Crippen LogP contribution in [0.1, 0.15) is 35.5 Å². The summed E-state index contributed by atoms with van der Waals surface area (Å²) in [7, 11) is -2.80. The number of nitrogens with one attached hydrogen (secondary N) is 2. The molecule has 0 fully saturated rings. The van der Waals surface area contributed by atoms with Gasteiger partial charge in [-0.3, -0.25) is 9.59 Å². The van der Waals surface area contributed by atoms with Crippen LogP contribution in [-0.4, -0.2) is 53.9 Å². The lowest BCUT2D eigenvalue weighted by Gasteiger charge is -2.22. The van der Waals surface area contributed by atoms with Crippen molar-refractivity contribution < 1.29 is 36.3 Å². The molecule has 2 amide bonds. The number of nitrogens with zero attached hydrogens (tertiary/aromatic N) is 2. The number of sulfone groups is 1. The van der Waals surface area contributed by atoms with Gasteiger partial charge in [-0.2, -0.15) is 18.3 Å². The quantitative estimate of drug-likeness (QED) is 0.554. The van der Waals surface area contributed by atoms with Crippen molar-refractivity contribution in [2.75, 3.05) is 18.1 Å². The zero-order valence-corrected chi connectivity index (χ0v) is 18.1. The Kier molecular flexibility index (Phi) is 7.25. The summed E-state index contributed by atoms with van der Waals surface area (Å²) in [6, 6.07) is 5.34. The van der Waals surface area contributed by atoms with E-state index in [1.165, 1.54) is 26.1 Å². The maximum Gasteiger partial charge on any atom is 0.418 e. The fourth-order valence-corrected chi connectivity index (χ4v) is 4.30. The fourth-order valence-electron chi connectivity index (χ4n) is 2.71. The third kappa shape index (κ3) is 5.79. The maximum atomic E-state index is 13.2. The number of hydrogen-bond acceptors (Lipinski definition) is 7. The van der Waals surface area contributed by atoms with E-state index in [0.29, 0.717) is 6.07 Å². The highest BCUT2D eigenvalue weighted by molar-refractivity contribution is 7.91. The molecule has 0 bridgehead atoms. The normalized spacial score (nSPS) is 13.8. The smallest absolute Gasteiger partial charge is 0.379 e. The van der Waals surface area contributed by atoms with Crippen LogP contribution in [0.2, 0.25) is 0 Å². The minimum Gasteiger partial charge on any atom is -0.379 e. The molecular weight excluding hydrogens is 453 g/mol. The average molecular weight is 474 g/mol. The summed E-state index contributed by atoms with van der Waals surface area (Å²) < 4.78 is 64.7. The Hall–Kier alpha value is -3.06. The zero-order valence-electron chi connectivity index (χ0n) is 17.3. The van der Waals surface area contributed by atoms with Gasteiger partial charge in [0.2, 0.25) is 0 Å². The van der Waals surface area contributed by atoms with Gasteiger partial charge < -0.3 is 15.7 Å². The third-order valence-corrected chi connectivity index (χ3v) is 6.35. The summed E-state index contributed by atoms with van der Waals surface area (Å²) in [4.78, 5) is 23.7. The SMILES string of the molecule is CCc1nnc(NC(=O)[C@@](C)(O)CS(=O)(=O)c2ccc(C(=O)NC)cc2)cc1C(F)(F)F. The molecule has 0 aliphatic carbocycles. The Morgan fingerprint density at radius 3 is 2.22 bits per heavy atom. The Morgan fingerprint density at radius 2 is 1.72 bits per heavy atom. The number of carbonyl (C=O) groups excluding carboxylic acids is 2. The summed E-state index contributed by atoms with van der Waals surface area (Å²) in [6.07, 6.45) is -4.79. The second-order valence-electron chi connectivity index (χ2n) is 7.03. The number of amides is 2. The van der Waals surface area contributed by atoms with E-state index in [-0.39, 0.29) is 22.6 Å². The fraction of sp³-hybridized carbons (Fsp3) is 0.368. The van der Waals surface area contributed by atoms with Crippen LogP contribution < -0.4 is 10.6 Å². The molecule has 1 aromatic carbocycles. The number of anilines is 1. The molecule has 0 saturated carbocycles. The number of halogens is 3. The Morgan fingerprint density at radius 1 is 1.12 bits per heavy atom. The molecule has 2 rings (SSSR count). The van der Waals surface area contributed by atoms with Crippen LogP contribution in [0, 0.1) is 0 Å². The van der Waals surface area contributed by atoms with Crippen molar-refractivity contribution in [3.63, 3.8) is 0 Å². The van der Waals surface area contributed by atoms with Crippen LogP contribution >= 0.6 is 0 Å². The van der Waals surface area contributed by atoms with Gasteiger partial charge in [0.05, 0.1) is 21.9 Å². The highest BCUT2D eigenvalue weighted by Crippen LogP contribution is 2.32. The first-order chi connectivity index (χ1) is 14.7. The van der Waals surface area contributed by atoms with Gasteiger partial charge in [-0.25, -0.2) is 8.42 Å². The lowest BCUT2D eigenvalue weighted by Crippen LogP contribution is -2.46. The summed E-state index contributed by atoms with van der Waals surface area (Å²) in [5.41, 5.74) is -3.74. The molecule has 0 spiro atoms. The number of carbonyl (C=O) groups is 2. The number of aromatic nitrogens is 2. The lowest BCUT2D eigenvalue weighted by atomic mass is 10.1. The Labute approximate surface area is 182 Å². The van der Waals surface area contributed by atoms with E-state index in [1.807, 2.05) is 5.32 Å². The van der Waals surface area contributed by atoms with E-state index in [2.05, 4.69) is 15.5 Å². The average Bonchev–Trinajstić information content (AvgIpc) is 2.71. The van der Waals surface area contributed by atoms with Crippen LogP contribution in [0.4, 0.5) is 19.0 Å². The Bertz CT molecular complexity index is 1120. The predicted molar refractivity (Wildman–Crippen MR) is 108 cm³/mol. The number of hydrogen-bond donors (Lipinski definition) is 3. The lowest BCUT2D eigenvalue weighted by molar-refractivity contribution is -0.138. The molecule has 2 aromatic rings. The third-order valence-electron chi connectivity index (χ3n) is 4.42. The molecule has 0 unspecified atom stereocenters. The van der Waals surface area contributed by atoms with Crippen LogP contribution in [0.3, 0.4) is 0 Å². The van der Waals surface area contributed by atoms with E-state index in [9.17, 15) is 36.3 Å². The van der Waals surface area contributed by atoms with Crippen molar-refractivity contribution in [3.05, 3.63) is 47.2 Å². The standard InChI is InChI=1S/C19H21F3N4O5S/c1-4-14-13(19(20,21)22)9-15(26-25-14)24-17(28)18(2,29)10-32(30,31)12-7-5-11(6-8-12)16(27)23-3/h5-9,29H,4,10H2,1-3H3,(H,23,27)(H,24,26,28)/t18-/m0/s1. The molecule has 1 heterocycles. The molecule has 0 radical (unpaired) electrons. The van der Waals surface area contributed by atoms with Gasteiger partial charge in [0.25, 0.3) is 11.8 Å². The van der Waals surface area contributed by atoms with Crippen molar-refractivity contribution >= 4 is 27.5 Å². The van der Waals surface area contributed by atoms with Crippen LogP contribution in [-0.2, 0) is 27.2 Å². The molecule has 0 aliphatic heterocycles. The first kappa shape index (κ1) is 25.2. The molecule has 13 heteroatoms. The topological polar surface area (TPSA) is 138 Å². The molecular formula is C19H21F3N4O5S. The number of rotatable bonds is 7. The minimum absolute atomic E-state index is 0.0509. The second kappa shape index (κ2) is 9.20. The number of aliphatic hydroxyl groups is 1. The van der Waals surface area contributed by atoms with Crippen molar-refractivity contribution in [1.82, 2.24) is 15.5 Å². The number of aryl methyl sites for hydroxylation is 1. The molecule has 174 valence electrons. The van der Waals surface area contributed by atoms with Crippen LogP contribution in [0.15, 0.2) is 35.2 Å². The van der Waals surface area contributed by atoms with Crippen molar-refractivity contribution in [3.8, 4) is 0 Å². The van der Waals surface area contributed by atoms with Crippen molar-refractivity contribution in [2.24, 2.45) is 0 Å². The molecule has 0 saturated heterocycles. The number of benzene rings is 1. The van der Waals surface area contributed by atoms with E-state index in [1.54, 1.807) is 0 Å². The second-order valence-corrected chi connectivity index (χ2v) is 9.02. The van der Waals surface area contributed by atoms with Gasteiger partial charge in [0.1, 0.15) is 0 Å². The molecule has 1 atom stereocenters. The highest BCUT2D eigenvalue weighted by Gasteiger charge is 2.38. The molecule has 1 aromatic heterocycles. The van der Waals surface area contributed by atoms with Crippen LogP contribution in [0.25, 0.3) is 0 Å². The van der Waals surface area contributed by atoms with Gasteiger partial charge in [0, 0.05) is 12.6 Å². The van der Waals surface area contributed by atoms with Gasteiger partial charge >= 0.3 is 6.18 Å². The van der Waals surface area contributed by atoms with Crippen molar-refractivity contribution in [2.45, 2.75) is 36.9 Å². The predicted octanol–water partition coefficient (Wildman–Crippen LogP) is 1.58. The summed E-state index contributed by atoms with van der Waals surface area (Å²) in [5, 5.41) is 21.7. The van der Waals surface area contributed by atoms with E-state index < -0.39 is 50.6 Å². The van der Waals surface area contributed by atoms with E-state index >= 15 is 0 Å². The van der Waals surface area contributed by atoms with Gasteiger partial charge in [-0.05, 0) is 43.7 Å². The van der Waals surface area contributed by atoms with E-state index in [0.717, 1.165) is 19.1 Å². The summed E-state index contributed by atoms with van der Waals surface area (Å²) >= 11 is 0. The minimum atomic E-state index is -4.74. The molecule has 3 N–H and O–H groups in total. The van der Waals surface area contributed by atoms with E-state index in [4.69, 9.17) is 0 Å². The van der Waals surface area contributed by atoms with Gasteiger partial charge in [-0.15, -0.1) is 5.10 Å². The van der Waals surface area contributed by atoms with Crippen molar-refractivity contribution in [1.29, 1.82) is 0 Å². The molecule has 9 nitrogen and oxygen atoms in total. The van der Waals surface area contributed by atoms with Gasteiger partial charge in [0.15, 0.2) is 21.3 Å². The Balaban J connectivity index is 2.23. The maximum absolute atomic E-state index is 13.2. The highest BCUT2D eigenvalue weighted by atomic mass is 32.2. The summed E-state index contributed by atoms with van der Waals surface area (Å²) in [5.74, 6) is -3.38. The van der Waals surface area contributed by atoms with Crippen LogP contribution in [0.5, 0.6) is 0 Å². The monoisotopic (exact) mass is 474 g/mol.